The number of carboxylic acids is 1. The zero-order valence-corrected chi connectivity index (χ0v) is 11.9. The Morgan fingerprint density at radius 1 is 1.37 bits per heavy atom. The topological polar surface area (TPSA) is 78.4 Å². The third-order valence-electron chi connectivity index (χ3n) is 2.57. The summed E-state index contributed by atoms with van der Waals surface area (Å²) < 4.78 is 0. The van der Waals surface area contributed by atoms with Gasteiger partial charge in [0.1, 0.15) is 0 Å². The molecule has 0 radical (unpaired) electrons. The molecule has 1 aliphatic rings. The number of rotatable bonds is 3. The second-order valence-corrected chi connectivity index (χ2v) is 5.73. The number of carboxylic acid groups (broad SMARTS) is 1. The van der Waals surface area contributed by atoms with Gasteiger partial charge < -0.3 is 10.4 Å². The molecule has 0 bridgehead atoms. The molecule has 1 atom stereocenters. The lowest BCUT2D eigenvalue weighted by Crippen LogP contribution is -2.37. The van der Waals surface area contributed by atoms with Crippen LogP contribution in [0.5, 0.6) is 0 Å². The first-order valence-corrected chi connectivity index (χ1v) is 7.24. The van der Waals surface area contributed by atoms with Gasteiger partial charge in [0.05, 0.1) is 27.3 Å². The first-order chi connectivity index (χ1) is 8.99. The van der Waals surface area contributed by atoms with E-state index < -0.39 is 5.97 Å². The van der Waals surface area contributed by atoms with Crippen molar-refractivity contribution in [1.29, 1.82) is 0 Å². The number of hydrogen-bond donors (Lipinski definition) is 3. The second kappa shape index (κ2) is 6.00. The largest absolute Gasteiger partial charge is 0.478 e. The molecule has 1 fully saturated rings. The van der Waals surface area contributed by atoms with Crippen molar-refractivity contribution in [3.05, 3.63) is 27.7 Å². The molecule has 1 heterocycles. The number of thioether (sulfide) groups is 1. The lowest BCUT2D eigenvalue weighted by atomic mass is 10.2. The van der Waals surface area contributed by atoms with E-state index in [0.29, 0.717) is 5.75 Å². The summed E-state index contributed by atoms with van der Waals surface area (Å²) in [4.78, 5) is 22.7. The number of carbonyl (C=O) groups excluding carboxylic acids is 1. The van der Waals surface area contributed by atoms with E-state index in [1.54, 1.807) is 11.8 Å². The molecule has 1 aromatic carbocycles. The van der Waals surface area contributed by atoms with Gasteiger partial charge in [-0.2, -0.15) is 0 Å². The number of hydrogen-bond acceptors (Lipinski definition) is 4. The summed E-state index contributed by atoms with van der Waals surface area (Å²) in [6, 6.07) is 2.21. The number of amides is 1. The Balaban J connectivity index is 2.20. The van der Waals surface area contributed by atoms with Gasteiger partial charge in [-0.05, 0) is 12.1 Å². The predicted octanol–water partition coefficient (Wildman–Crippen LogP) is 2.29. The minimum absolute atomic E-state index is 0.0254. The Kier molecular flexibility index (Phi) is 4.57. The van der Waals surface area contributed by atoms with Gasteiger partial charge in [-0.1, -0.05) is 23.2 Å². The molecule has 102 valence electrons. The summed E-state index contributed by atoms with van der Waals surface area (Å²) in [5, 5.41) is 14.7. The number of nitrogens with one attached hydrogen (secondary N) is 2. The number of aromatic carboxylic acids is 1. The van der Waals surface area contributed by atoms with E-state index in [9.17, 15) is 9.59 Å². The molecule has 0 spiro atoms. The highest BCUT2D eigenvalue weighted by molar-refractivity contribution is 7.99. The van der Waals surface area contributed by atoms with Crippen LogP contribution in [0.25, 0.3) is 0 Å². The number of halogens is 2. The molecule has 0 aromatic heterocycles. The molecule has 19 heavy (non-hydrogen) atoms. The van der Waals surface area contributed by atoms with Gasteiger partial charge in [-0.25, -0.2) is 4.79 Å². The molecule has 8 heteroatoms. The van der Waals surface area contributed by atoms with E-state index in [-0.39, 0.29) is 33.2 Å². The first-order valence-electron chi connectivity index (χ1n) is 5.33. The van der Waals surface area contributed by atoms with E-state index >= 15 is 0 Å². The molecule has 0 aliphatic carbocycles. The Bertz CT molecular complexity index is 510. The molecule has 3 N–H and O–H groups in total. The van der Waals surface area contributed by atoms with E-state index in [2.05, 4.69) is 10.6 Å². The third kappa shape index (κ3) is 3.33. The van der Waals surface area contributed by atoms with E-state index in [1.165, 1.54) is 12.1 Å². The fourth-order valence-corrected chi connectivity index (χ4v) is 3.11. The monoisotopic (exact) mass is 320 g/mol. The van der Waals surface area contributed by atoms with E-state index in [4.69, 9.17) is 28.3 Å². The van der Waals surface area contributed by atoms with Gasteiger partial charge in [0.25, 0.3) is 0 Å². The smallest absolute Gasteiger partial charge is 0.335 e. The molecule has 1 unspecified atom stereocenters. The van der Waals surface area contributed by atoms with Crippen LogP contribution in [-0.4, -0.2) is 34.7 Å². The molecule has 5 nitrogen and oxygen atoms in total. The number of carbonyl (C=O) groups is 2. The van der Waals surface area contributed by atoms with Crippen LogP contribution in [0.15, 0.2) is 12.1 Å². The van der Waals surface area contributed by atoms with Crippen molar-refractivity contribution in [3.8, 4) is 0 Å². The molecule has 2 rings (SSSR count). The Morgan fingerprint density at radius 3 is 2.47 bits per heavy atom. The van der Waals surface area contributed by atoms with Crippen molar-refractivity contribution in [2.24, 2.45) is 0 Å². The molecule has 1 aromatic rings. The molecule has 1 amide bonds. The fraction of sp³-hybridized carbons (Fsp3) is 0.273. The van der Waals surface area contributed by atoms with Crippen LogP contribution in [0, 0.1) is 0 Å². The van der Waals surface area contributed by atoms with Crippen LogP contribution < -0.4 is 10.6 Å². The zero-order valence-electron chi connectivity index (χ0n) is 9.57. The second-order valence-electron chi connectivity index (χ2n) is 3.88. The standard InChI is InChI=1S/C11H10Cl2N2O3S/c12-6-1-5(11(17)18)2-7(13)9(6)15-10(16)8-3-19-4-14-8/h1-2,8,14H,3-4H2,(H,15,16)(H,17,18). The van der Waals surface area contributed by atoms with Crippen LogP contribution in [-0.2, 0) is 4.79 Å². The molecular formula is C11H10Cl2N2O3S. The minimum Gasteiger partial charge on any atom is -0.478 e. The van der Waals surface area contributed by atoms with Crippen molar-refractivity contribution in [2.75, 3.05) is 16.9 Å². The highest BCUT2D eigenvalue weighted by atomic mass is 35.5. The van der Waals surface area contributed by atoms with Gasteiger partial charge in [-0.3, -0.25) is 10.1 Å². The van der Waals surface area contributed by atoms with Gasteiger partial charge in [0, 0.05) is 11.6 Å². The number of anilines is 1. The van der Waals surface area contributed by atoms with Crippen LogP contribution in [0.3, 0.4) is 0 Å². The van der Waals surface area contributed by atoms with Crippen molar-refractivity contribution < 1.29 is 14.7 Å². The summed E-state index contributed by atoms with van der Waals surface area (Å²) in [5.74, 6) is 0.0265. The van der Waals surface area contributed by atoms with E-state index in [1.807, 2.05) is 0 Å². The Labute approximate surface area is 123 Å². The molecular weight excluding hydrogens is 311 g/mol. The maximum atomic E-state index is 11.9. The highest BCUT2D eigenvalue weighted by Crippen LogP contribution is 2.32. The van der Waals surface area contributed by atoms with Crippen LogP contribution in [0.4, 0.5) is 5.69 Å². The van der Waals surface area contributed by atoms with Crippen LogP contribution in [0.1, 0.15) is 10.4 Å². The van der Waals surface area contributed by atoms with E-state index in [0.717, 1.165) is 5.88 Å². The molecule has 1 aliphatic heterocycles. The summed E-state index contributed by atoms with van der Waals surface area (Å²) in [6.07, 6.45) is 0. The van der Waals surface area contributed by atoms with Gasteiger partial charge in [0.2, 0.25) is 5.91 Å². The average Bonchev–Trinajstić information content (AvgIpc) is 2.86. The van der Waals surface area contributed by atoms with Gasteiger partial charge >= 0.3 is 5.97 Å². The van der Waals surface area contributed by atoms with Gasteiger partial charge in [0.15, 0.2) is 0 Å². The zero-order chi connectivity index (χ0) is 14.0. The Morgan fingerprint density at radius 2 is 2.00 bits per heavy atom. The lowest BCUT2D eigenvalue weighted by Gasteiger charge is -2.13. The maximum Gasteiger partial charge on any atom is 0.335 e. The SMILES string of the molecule is O=C(O)c1cc(Cl)c(NC(=O)C2CSCN2)c(Cl)c1. The summed E-state index contributed by atoms with van der Waals surface area (Å²) >= 11 is 13.5. The molecule has 1 saturated heterocycles. The first kappa shape index (κ1) is 14.5. The van der Waals surface area contributed by atoms with Crippen LogP contribution >= 0.6 is 35.0 Å². The molecule has 0 saturated carbocycles. The quantitative estimate of drug-likeness (QED) is 0.796. The highest BCUT2D eigenvalue weighted by Gasteiger charge is 2.24. The summed E-state index contributed by atoms with van der Waals surface area (Å²) in [7, 11) is 0. The van der Waals surface area contributed by atoms with Crippen molar-refractivity contribution in [1.82, 2.24) is 5.32 Å². The lowest BCUT2D eigenvalue weighted by molar-refractivity contribution is -0.117. The average molecular weight is 321 g/mol. The maximum absolute atomic E-state index is 11.9. The normalized spacial score (nSPS) is 18.3. The summed E-state index contributed by atoms with van der Waals surface area (Å²) in [5.41, 5.74) is 0.208. The van der Waals surface area contributed by atoms with Crippen LogP contribution in [0.2, 0.25) is 10.0 Å². The van der Waals surface area contributed by atoms with Crippen molar-refractivity contribution >= 4 is 52.5 Å². The number of benzene rings is 1. The predicted molar refractivity (Wildman–Crippen MR) is 76.3 cm³/mol. The summed E-state index contributed by atoms with van der Waals surface area (Å²) in [6.45, 7) is 0. The van der Waals surface area contributed by atoms with Crippen molar-refractivity contribution in [3.63, 3.8) is 0 Å². The van der Waals surface area contributed by atoms with Crippen molar-refractivity contribution in [2.45, 2.75) is 6.04 Å². The fourth-order valence-electron chi connectivity index (χ4n) is 1.59. The van der Waals surface area contributed by atoms with Gasteiger partial charge in [-0.15, -0.1) is 11.8 Å². The Hall–Kier alpha value is -0.950. The minimum atomic E-state index is -1.13. The third-order valence-corrected chi connectivity index (χ3v) is 4.11.